The van der Waals surface area contributed by atoms with Crippen molar-refractivity contribution in [3.63, 3.8) is 0 Å². The molecule has 0 bridgehead atoms. The molecule has 1 aromatic heterocycles. The molecule has 1 atom stereocenters. The number of esters is 1. The zero-order valence-electron chi connectivity index (χ0n) is 37.2. The van der Waals surface area contributed by atoms with Gasteiger partial charge in [-0.15, -0.1) is 0 Å². The summed E-state index contributed by atoms with van der Waals surface area (Å²) in [5.41, 5.74) is 9.17. The van der Waals surface area contributed by atoms with Crippen molar-refractivity contribution in [2.75, 3.05) is 90.0 Å². The normalized spacial score (nSPS) is 13.6. The van der Waals surface area contributed by atoms with Crippen molar-refractivity contribution in [1.82, 2.24) is 5.32 Å². The zero-order valence-corrected chi connectivity index (χ0v) is 39.7. The SMILES string of the molecule is Cc1cc(C(=O)NCCC[N+](C)(CCCN)CCCS(=O)(=O)O)cc(C)c1OC(=O)c1c2ccccc2[n+](CCCS(=O)(=O)CCC[N+](C)(C)CCCS(=O)(=O)O)c2ccccc12. The number of rotatable bonds is 26. The second-order valence-electron chi connectivity index (χ2n) is 17.5. The Morgan fingerprint density at radius 2 is 1.16 bits per heavy atom. The third kappa shape index (κ3) is 16.1. The summed E-state index contributed by atoms with van der Waals surface area (Å²) < 4.78 is 98.3. The van der Waals surface area contributed by atoms with Crippen LogP contribution in [0, 0.1) is 13.8 Å². The lowest BCUT2D eigenvalue weighted by molar-refractivity contribution is -0.909. The molecule has 0 saturated carbocycles. The topological polar surface area (TPSA) is 228 Å². The lowest BCUT2D eigenvalue weighted by Crippen LogP contribution is -2.48. The van der Waals surface area contributed by atoms with Gasteiger partial charge in [0.05, 0.1) is 93.2 Å². The molecule has 63 heavy (non-hydrogen) atoms. The minimum Gasteiger partial charge on any atom is -0.422 e. The van der Waals surface area contributed by atoms with Gasteiger partial charge in [-0.1, -0.05) is 24.3 Å². The summed E-state index contributed by atoms with van der Waals surface area (Å²) in [5, 5.41) is 4.24. The average molecular weight is 937 g/mol. The summed E-state index contributed by atoms with van der Waals surface area (Å²) in [6.07, 6.45) is 2.72. The van der Waals surface area contributed by atoms with E-state index >= 15 is 0 Å². The van der Waals surface area contributed by atoms with E-state index in [0.29, 0.717) is 119 Å². The van der Waals surface area contributed by atoms with Crippen LogP contribution in [0.3, 0.4) is 0 Å². The van der Waals surface area contributed by atoms with E-state index < -0.39 is 36.0 Å². The highest BCUT2D eigenvalue weighted by Gasteiger charge is 2.28. The third-order valence-corrected chi connectivity index (χ3v) is 14.9. The fourth-order valence-corrected chi connectivity index (χ4v) is 10.5. The lowest BCUT2D eigenvalue weighted by Gasteiger charge is -2.34. The van der Waals surface area contributed by atoms with Crippen LogP contribution in [-0.4, -0.2) is 145 Å². The molecule has 1 heterocycles. The summed E-state index contributed by atoms with van der Waals surface area (Å²) in [4.78, 5) is 27.5. The van der Waals surface area contributed by atoms with Crippen LogP contribution in [0.2, 0.25) is 0 Å². The number of para-hydroxylation sites is 2. The molecule has 5 N–H and O–H groups in total. The van der Waals surface area contributed by atoms with Crippen LogP contribution in [-0.2, 0) is 36.6 Å². The van der Waals surface area contributed by atoms with E-state index in [1.165, 1.54) is 0 Å². The van der Waals surface area contributed by atoms with Crippen LogP contribution in [0.4, 0.5) is 0 Å². The average Bonchev–Trinajstić information content (AvgIpc) is 3.18. The molecule has 1 unspecified atom stereocenters. The first kappa shape index (κ1) is 51.6. The zero-order chi connectivity index (χ0) is 46.6. The molecule has 0 spiro atoms. The maximum absolute atomic E-state index is 14.3. The molecule has 348 valence electrons. The number of fused-ring (bicyclic) bond motifs is 2. The Morgan fingerprint density at radius 3 is 1.70 bits per heavy atom. The maximum atomic E-state index is 14.3. The van der Waals surface area contributed by atoms with Gasteiger partial charge in [0.25, 0.3) is 26.1 Å². The molecular formula is C44H66N5O11S3+3. The number of amides is 1. The molecule has 1 amide bonds. The lowest BCUT2D eigenvalue weighted by atomic mass is 10.0. The van der Waals surface area contributed by atoms with Crippen molar-refractivity contribution >= 4 is 63.8 Å². The molecule has 0 saturated heterocycles. The molecule has 0 aliphatic rings. The van der Waals surface area contributed by atoms with Crippen LogP contribution in [0.25, 0.3) is 21.8 Å². The van der Waals surface area contributed by atoms with Crippen molar-refractivity contribution < 1.29 is 62.2 Å². The predicted molar refractivity (Wildman–Crippen MR) is 246 cm³/mol. The second-order valence-corrected chi connectivity index (χ2v) is 22.9. The number of pyridine rings is 1. The van der Waals surface area contributed by atoms with E-state index in [9.17, 15) is 34.8 Å². The van der Waals surface area contributed by atoms with Gasteiger partial charge in [0.2, 0.25) is 11.0 Å². The van der Waals surface area contributed by atoms with Gasteiger partial charge in [0.1, 0.15) is 5.75 Å². The van der Waals surface area contributed by atoms with Crippen LogP contribution in [0.5, 0.6) is 5.75 Å². The quantitative estimate of drug-likeness (QED) is 0.0134. The van der Waals surface area contributed by atoms with Gasteiger partial charge in [-0.3, -0.25) is 13.9 Å². The number of nitrogens with two attached hydrogens (primary N) is 1. The first-order valence-corrected chi connectivity index (χ1v) is 26.4. The van der Waals surface area contributed by atoms with Gasteiger partial charge in [0, 0.05) is 62.8 Å². The number of aromatic nitrogens is 1. The van der Waals surface area contributed by atoms with Gasteiger partial charge in [-0.05, 0) is 55.8 Å². The summed E-state index contributed by atoms with van der Waals surface area (Å²) >= 11 is 0. The van der Waals surface area contributed by atoms with Gasteiger partial charge in [-0.2, -0.15) is 21.4 Å². The molecule has 0 fully saturated rings. The monoisotopic (exact) mass is 936 g/mol. The van der Waals surface area contributed by atoms with Crippen molar-refractivity contribution in [2.24, 2.45) is 5.73 Å². The molecule has 3 aromatic carbocycles. The number of carbonyl (C=O) groups excluding carboxylic acids is 2. The predicted octanol–water partition coefficient (Wildman–Crippen LogP) is 3.86. The number of hydrogen-bond acceptors (Lipinski definition) is 10. The van der Waals surface area contributed by atoms with E-state index in [-0.39, 0.29) is 35.3 Å². The first-order valence-electron chi connectivity index (χ1n) is 21.3. The minimum absolute atomic E-state index is 0.00480. The number of aryl methyl sites for hydroxylation is 3. The first-order chi connectivity index (χ1) is 29.4. The smallest absolute Gasteiger partial charge is 0.345 e. The molecule has 0 aliphatic carbocycles. The molecule has 4 aromatic rings. The molecule has 0 radical (unpaired) electrons. The largest absolute Gasteiger partial charge is 0.422 e. The summed E-state index contributed by atoms with van der Waals surface area (Å²) in [6, 6.07) is 18.2. The Balaban J connectivity index is 1.44. The number of carbonyl (C=O) groups is 2. The van der Waals surface area contributed by atoms with Crippen molar-refractivity contribution in [3.8, 4) is 5.75 Å². The summed E-state index contributed by atoms with van der Waals surface area (Å²) in [5.74, 6) is -1.21. The maximum Gasteiger partial charge on any atom is 0.345 e. The Kier molecular flexibility index (Phi) is 18.2. The molecule has 4 rings (SSSR count). The molecule has 0 aliphatic heterocycles. The van der Waals surface area contributed by atoms with Crippen molar-refractivity contribution in [1.29, 1.82) is 0 Å². The van der Waals surface area contributed by atoms with E-state index in [0.717, 1.165) is 24.0 Å². The number of benzene rings is 3. The highest BCUT2D eigenvalue weighted by atomic mass is 32.2. The second kappa shape index (κ2) is 22.2. The Bertz CT molecular complexity index is 2500. The van der Waals surface area contributed by atoms with E-state index in [1.54, 1.807) is 26.0 Å². The van der Waals surface area contributed by atoms with Crippen LogP contribution in [0.1, 0.15) is 70.4 Å². The molecular weight excluding hydrogens is 871 g/mol. The number of nitrogens with zero attached hydrogens (tertiary/aromatic N) is 3. The Hall–Kier alpha value is -4.08. The number of sulfone groups is 1. The fraction of sp³-hybridized carbons (Fsp3) is 0.523. The third-order valence-electron chi connectivity index (χ3n) is 11.4. The minimum atomic E-state index is -4.05. The van der Waals surface area contributed by atoms with Crippen LogP contribution < -0.4 is 20.4 Å². The van der Waals surface area contributed by atoms with Gasteiger partial charge < -0.3 is 24.8 Å². The number of hydrogen-bond donors (Lipinski definition) is 4. The summed E-state index contributed by atoms with van der Waals surface area (Å²) in [6.45, 7) is 7.79. The van der Waals surface area contributed by atoms with Gasteiger partial charge in [-0.25, -0.2) is 13.2 Å². The highest BCUT2D eigenvalue weighted by molar-refractivity contribution is 7.91. The Morgan fingerprint density at radius 1 is 0.683 bits per heavy atom. The van der Waals surface area contributed by atoms with E-state index in [4.69, 9.17) is 19.6 Å². The van der Waals surface area contributed by atoms with Gasteiger partial charge in [0.15, 0.2) is 16.4 Å². The number of quaternary nitrogens is 2. The number of nitrogens with one attached hydrogen (secondary N) is 1. The van der Waals surface area contributed by atoms with Crippen molar-refractivity contribution in [3.05, 3.63) is 82.9 Å². The fourth-order valence-electron chi connectivity index (χ4n) is 8.21. The van der Waals surface area contributed by atoms with E-state index in [1.807, 2.05) is 74.2 Å². The summed E-state index contributed by atoms with van der Waals surface area (Å²) in [7, 11) is -5.68. The molecule has 19 heteroatoms. The van der Waals surface area contributed by atoms with Gasteiger partial charge >= 0.3 is 5.97 Å². The van der Waals surface area contributed by atoms with Crippen molar-refractivity contribution in [2.45, 2.75) is 58.9 Å². The standard InChI is InChI=1S/C44H63N5O11S3/c1-34-32-36(43(50)46-21-11-26-49(5,25-10-20-45)27-15-31-63(57,58)59)33-35(2)42(34)60-44(51)41-37-16-6-8-18-39(37)47(40-19-9-7-17-38(40)41)22-12-28-61(52,53)29-13-23-48(3,4)24-14-30-62(54,55)56/h6-9,16-19,32-33H,10-15,20-31,45H2,1-5H3/p+3. The highest BCUT2D eigenvalue weighted by Crippen LogP contribution is 2.30. The number of ether oxygens (including phenoxy) is 1. The molecule has 16 nitrogen and oxygen atoms in total. The Labute approximate surface area is 373 Å². The van der Waals surface area contributed by atoms with E-state index in [2.05, 4.69) is 5.32 Å². The van der Waals surface area contributed by atoms with Crippen LogP contribution in [0.15, 0.2) is 60.7 Å². The van der Waals surface area contributed by atoms with Crippen LogP contribution >= 0.6 is 0 Å².